The minimum atomic E-state index is -0.0176. The number of benzene rings is 2. The summed E-state index contributed by atoms with van der Waals surface area (Å²) in [6, 6.07) is 17.7. The molecule has 1 N–H and O–H groups in total. The summed E-state index contributed by atoms with van der Waals surface area (Å²) >= 11 is 1.50. The van der Waals surface area contributed by atoms with E-state index in [9.17, 15) is 4.79 Å². The third-order valence-corrected chi connectivity index (χ3v) is 4.78. The first-order valence-electron chi connectivity index (χ1n) is 8.65. The number of carbonyl (C=O) groups is 1. The number of aryl methyl sites for hydroxylation is 1. The van der Waals surface area contributed by atoms with Gasteiger partial charge in [-0.3, -0.25) is 9.36 Å². The Morgan fingerprint density at radius 2 is 1.96 bits per heavy atom. The fourth-order valence-corrected chi connectivity index (χ4v) is 3.54. The van der Waals surface area contributed by atoms with Gasteiger partial charge in [0.15, 0.2) is 11.0 Å². The van der Waals surface area contributed by atoms with Crippen molar-refractivity contribution in [3.8, 4) is 5.69 Å². The quantitative estimate of drug-likeness (QED) is 0.600. The molecule has 1 amide bonds. The number of aromatic nitrogens is 3. The van der Waals surface area contributed by atoms with Crippen LogP contribution in [0.5, 0.6) is 0 Å². The number of nitrogens with one attached hydrogen (secondary N) is 1. The summed E-state index contributed by atoms with van der Waals surface area (Å²) in [5.74, 6) is 1.32. The summed E-state index contributed by atoms with van der Waals surface area (Å²) in [6.45, 7) is 2.37. The highest BCUT2D eigenvalue weighted by atomic mass is 32.2. The van der Waals surface area contributed by atoms with E-state index in [1.165, 1.54) is 11.8 Å². The second kappa shape index (κ2) is 9.34. The number of hydrogen-bond acceptors (Lipinski definition) is 5. The second-order valence-electron chi connectivity index (χ2n) is 6.02. The number of nitrogens with zero attached hydrogens (tertiary/aromatic N) is 3. The fourth-order valence-electron chi connectivity index (χ4n) is 2.63. The molecule has 140 valence electrons. The number of methoxy groups -OCH3 is 1. The molecule has 1 heterocycles. The molecule has 3 rings (SSSR count). The second-order valence-corrected chi connectivity index (χ2v) is 7.08. The first kappa shape index (κ1) is 19.1. The molecule has 2 aromatic carbocycles. The fraction of sp³-hybridized carbons (Fsp3) is 0.250. The number of rotatable bonds is 8. The Labute approximate surface area is 163 Å². The van der Waals surface area contributed by atoms with Gasteiger partial charge >= 0.3 is 0 Å². The van der Waals surface area contributed by atoms with Gasteiger partial charge < -0.3 is 10.1 Å². The lowest BCUT2D eigenvalue weighted by molar-refractivity contribution is -0.115. The van der Waals surface area contributed by atoms with Crippen molar-refractivity contribution in [2.75, 3.05) is 18.2 Å². The normalized spacial score (nSPS) is 10.7. The van der Waals surface area contributed by atoms with Crippen molar-refractivity contribution >= 4 is 23.4 Å². The van der Waals surface area contributed by atoms with Crippen LogP contribution in [-0.2, 0) is 16.1 Å². The number of hydrogen-bond donors (Lipinski definition) is 1. The van der Waals surface area contributed by atoms with Gasteiger partial charge in [-0.05, 0) is 36.8 Å². The van der Waals surface area contributed by atoms with Gasteiger partial charge in [-0.15, -0.1) is 10.2 Å². The Hall–Kier alpha value is -2.64. The number of anilines is 1. The Bertz CT molecular complexity index is 896. The van der Waals surface area contributed by atoms with E-state index < -0.39 is 0 Å². The van der Waals surface area contributed by atoms with Crippen molar-refractivity contribution in [2.45, 2.75) is 25.1 Å². The highest BCUT2D eigenvalue weighted by molar-refractivity contribution is 7.99. The molecular formula is C20H22N4O2S. The van der Waals surface area contributed by atoms with Crippen molar-refractivity contribution in [3.63, 3.8) is 0 Å². The van der Waals surface area contributed by atoms with Crippen molar-refractivity contribution < 1.29 is 9.53 Å². The molecular weight excluding hydrogens is 360 g/mol. The molecule has 0 bridgehead atoms. The van der Waals surface area contributed by atoms with E-state index >= 15 is 0 Å². The maximum absolute atomic E-state index is 12.2. The van der Waals surface area contributed by atoms with Crippen molar-refractivity contribution in [1.29, 1.82) is 0 Å². The average molecular weight is 382 g/mol. The molecule has 0 aliphatic heterocycles. The summed E-state index contributed by atoms with van der Waals surface area (Å²) in [4.78, 5) is 12.2. The number of ether oxygens (including phenoxy) is 1. The van der Waals surface area contributed by atoms with Crippen LogP contribution in [0.3, 0.4) is 0 Å². The molecule has 1 aromatic heterocycles. The largest absolute Gasteiger partial charge is 0.377 e. The number of carbonyl (C=O) groups excluding carboxylic acids is 1. The SMILES string of the molecule is COCc1nnc(SCCC(=O)Nc2cccc(C)c2)n1-c1ccccc1. The molecule has 0 fully saturated rings. The zero-order valence-electron chi connectivity index (χ0n) is 15.4. The van der Waals surface area contributed by atoms with Crippen molar-refractivity contribution in [3.05, 3.63) is 66.0 Å². The van der Waals surface area contributed by atoms with Crippen LogP contribution in [0, 0.1) is 6.92 Å². The minimum Gasteiger partial charge on any atom is -0.377 e. The van der Waals surface area contributed by atoms with Gasteiger partial charge in [-0.2, -0.15) is 0 Å². The minimum absolute atomic E-state index is 0.0176. The lowest BCUT2D eigenvalue weighted by Crippen LogP contribution is -2.12. The molecule has 0 aliphatic rings. The third-order valence-electron chi connectivity index (χ3n) is 3.85. The van der Waals surface area contributed by atoms with Gasteiger partial charge in [0.25, 0.3) is 0 Å². The summed E-state index contributed by atoms with van der Waals surface area (Å²) in [5.41, 5.74) is 2.91. The van der Waals surface area contributed by atoms with E-state index in [4.69, 9.17) is 4.74 Å². The van der Waals surface area contributed by atoms with Gasteiger partial charge in [0.05, 0.1) is 0 Å². The van der Waals surface area contributed by atoms with E-state index in [1.54, 1.807) is 7.11 Å². The van der Waals surface area contributed by atoms with E-state index in [0.717, 1.165) is 27.9 Å². The van der Waals surface area contributed by atoms with Gasteiger partial charge in [-0.1, -0.05) is 42.1 Å². The van der Waals surface area contributed by atoms with Crippen LogP contribution in [-0.4, -0.2) is 33.5 Å². The van der Waals surface area contributed by atoms with Crippen LogP contribution >= 0.6 is 11.8 Å². The van der Waals surface area contributed by atoms with Crippen LogP contribution in [0.4, 0.5) is 5.69 Å². The maximum Gasteiger partial charge on any atom is 0.225 e. The molecule has 0 saturated carbocycles. The predicted octanol–water partition coefficient (Wildman–Crippen LogP) is 3.84. The third kappa shape index (κ3) is 5.18. The summed E-state index contributed by atoms with van der Waals surface area (Å²) in [7, 11) is 1.63. The summed E-state index contributed by atoms with van der Waals surface area (Å²) in [6.07, 6.45) is 0.389. The highest BCUT2D eigenvalue weighted by Gasteiger charge is 2.14. The van der Waals surface area contributed by atoms with Gasteiger partial charge in [0, 0.05) is 30.7 Å². The van der Waals surface area contributed by atoms with E-state index in [-0.39, 0.29) is 5.91 Å². The van der Waals surface area contributed by atoms with Gasteiger partial charge in [-0.25, -0.2) is 0 Å². The topological polar surface area (TPSA) is 69.0 Å². The Morgan fingerprint density at radius 1 is 1.15 bits per heavy atom. The van der Waals surface area contributed by atoms with Gasteiger partial charge in [0.1, 0.15) is 6.61 Å². The predicted molar refractivity (Wildman–Crippen MR) is 107 cm³/mol. The van der Waals surface area contributed by atoms with Crippen molar-refractivity contribution in [2.24, 2.45) is 0 Å². The lowest BCUT2D eigenvalue weighted by Gasteiger charge is -2.10. The standard InChI is InChI=1S/C20H22N4O2S/c1-15-7-6-8-16(13-15)21-19(25)11-12-27-20-23-22-18(14-26-2)24(20)17-9-4-3-5-10-17/h3-10,13H,11-12,14H2,1-2H3,(H,21,25). The Morgan fingerprint density at radius 3 is 2.70 bits per heavy atom. The molecule has 0 atom stereocenters. The Balaban J connectivity index is 1.63. The number of thioether (sulfide) groups is 1. The smallest absolute Gasteiger partial charge is 0.225 e. The van der Waals surface area contributed by atoms with E-state index in [2.05, 4.69) is 15.5 Å². The molecule has 0 radical (unpaired) electrons. The number of amides is 1. The molecule has 3 aromatic rings. The molecule has 0 saturated heterocycles. The lowest BCUT2D eigenvalue weighted by atomic mass is 10.2. The van der Waals surface area contributed by atoms with Crippen LogP contribution in [0.25, 0.3) is 5.69 Å². The molecule has 6 nitrogen and oxygen atoms in total. The summed E-state index contributed by atoms with van der Waals surface area (Å²) < 4.78 is 7.19. The van der Waals surface area contributed by atoms with Gasteiger partial charge in [0.2, 0.25) is 5.91 Å². The number of para-hydroxylation sites is 1. The monoisotopic (exact) mass is 382 g/mol. The molecule has 0 aliphatic carbocycles. The maximum atomic E-state index is 12.2. The van der Waals surface area contributed by atoms with Crippen LogP contribution in [0.2, 0.25) is 0 Å². The zero-order valence-corrected chi connectivity index (χ0v) is 16.2. The molecule has 0 unspecified atom stereocenters. The highest BCUT2D eigenvalue weighted by Crippen LogP contribution is 2.23. The first-order valence-corrected chi connectivity index (χ1v) is 9.64. The van der Waals surface area contributed by atoms with E-state index in [0.29, 0.717) is 18.8 Å². The van der Waals surface area contributed by atoms with Crippen LogP contribution < -0.4 is 5.32 Å². The van der Waals surface area contributed by atoms with Crippen molar-refractivity contribution in [1.82, 2.24) is 14.8 Å². The zero-order chi connectivity index (χ0) is 19.1. The average Bonchev–Trinajstić information content (AvgIpc) is 3.05. The summed E-state index contributed by atoms with van der Waals surface area (Å²) in [5, 5.41) is 12.2. The Kier molecular flexibility index (Phi) is 6.62. The molecule has 27 heavy (non-hydrogen) atoms. The first-order chi connectivity index (χ1) is 13.2. The van der Waals surface area contributed by atoms with Crippen LogP contribution in [0.1, 0.15) is 17.8 Å². The van der Waals surface area contributed by atoms with E-state index in [1.807, 2.05) is 66.1 Å². The van der Waals surface area contributed by atoms with Crippen LogP contribution in [0.15, 0.2) is 59.8 Å². The molecule has 0 spiro atoms. The molecule has 7 heteroatoms.